The van der Waals surface area contributed by atoms with Crippen LogP contribution in [0.1, 0.15) is 17.3 Å². The molecule has 3 N–H and O–H groups in total. The Morgan fingerprint density at radius 1 is 1.50 bits per heavy atom. The van der Waals surface area contributed by atoms with E-state index in [1.165, 1.54) is 6.92 Å². The van der Waals surface area contributed by atoms with Gasteiger partial charge in [0.25, 0.3) is 0 Å². The molecule has 1 rings (SSSR count). The van der Waals surface area contributed by atoms with Crippen molar-refractivity contribution in [3.8, 4) is 5.75 Å². The standard InChI is InChI=1S/C9H9F2NO2/c1-4(12)9(14)7-5(10)2-3-6(13)8(7)11/h2-4,13H,12H2,1H3. The van der Waals surface area contributed by atoms with Gasteiger partial charge in [-0.05, 0) is 19.1 Å². The van der Waals surface area contributed by atoms with Gasteiger partial charge < -0.3 is 10.8 Å². The lowest BCUT2D eigenvalue weighted by molar-refractivity contribution is 0.0958. The normalized spacial score (nSPS) is 12.6. The van der Waals surface area contributed by atoms with Crippen LogP contribution in [0.4, 0.5) is 8.78 Å². The first-order chi connectivity index (χ1) is 6.45. The molecule has 0 saturated carbocycles. The van der Waals surface area contributed by atoms with Crippen molar-refractivity contribution >= 4 is 5.78 Å². The topological polar surface area (TPSA) is 63.3 Å². The Hall–Kier alpha value is -1.49. The minimum Gasteiger partial charge on any atom is -0.505 e. The van der Waals surface area contributed by atoms with Crippen LogP contribution >= 0.6 is 0 Å². The molecule has 0 bridgehead atoms. The molecule has 0 aromatic heterocycles. The number of benzene rings is 1. The van der Waals surface area contributed by atoms with Gasteiger partial charge in [-0.15, -0.1) is 0 Å². The van der Waals surface area contributed by atoms with Crippen molar-refractivity contribution in [2.75, 3.05) is 0 Å². The van der Waals surface area contributed by atoms with Crippen molar-refractivity contribution in [2.45, 2.75) is 13.0 Å². The molecule has 0 amide bonds. The van der Waals surface area contributed by atoms with Crippen molar-refractivity contribution in [3.63, 3.8) is 0 Å². The highest BCUT2D eigenvalue weighted by atomic mass is 19.1. The maximum atomic E-state index is 13.1. The molecular weight excluding hydrogens is 192 g/mol. The van der Waals surface area contributed by atoms with Gasteiger partial charge in [-0.2, -0.15) is 0 Å². The third kappa shape index (κ3) is 1.72. The molecule has 0 aliphatic rings. The molecule has 0 aliphatic heterocycles. The van der Waals surface area contributed by atoms with E-state index in [2.05, 4.69) is 0 Å². The first-order valence-corrected chi connectivity index (χ1v) is 3.92. The summed E-state index contributed by atoms with van der Waals surface area (Å²) in [7, 11) is 0. The Balaban J connectivity index is 3.33. The summed E-state index contributed by atoms with van der Waals surface area (Å²) in [5, 5.41) is 8.92. The molecule has 76 valence electrons. The largest absolute Gasteiger partial charge is 0.505 e. The van der Waals surface area contributed by atoms with E-state index < -0.39 is 34.8 Å². The van der Waals surface area contributed by atoms with Crippen molar-refractivity contribution < 1.29 is 18.7 Å². The van der Waals surface area contributed by atoms with Gasteiger partial charge in [0.05, 0.1) is 11.6 Å². The number of phenols is 1. The molecule has 1 aromatic carbocycles. The van der Waals surface area contributed by atoms with Crippen LogP contribution < -0.4 is 5.73 Å². The SMILES string of the molecule is CC(N)C(=O)c1c(F)ccc(O)c1F. The number of phenolic OH excluding ortho intramolecular Hbond substituents is 1. The lowest BCUT2D eigenvalue weighted by atomic mass is 10.0. The van der Waals surface area contributed by atoms with E-state index in [4.69, 9.17) is 10.8 Å². The van der Waals surface area contributed by atoms with E-state index in [0.717, 1.165) is 12.1 Å². The highest BCUT2D eigenvalue weighted by Gasteiger charge is 2.22. The van der Waals surface area contributed by atoms with Gasteiger partial charge in [-0.1, -0.05) is 0 Å². The van der Waals surface area contributed by atoms with Crippen LogP contribution in [0.5, 0.6) is 5.75 Å². The van der Waals surface area contributed by atoms with Crippen LogP contribution in [0.25, 0.3) is 0 Å². The fourth-order valence-electron chi connectivity index (χ4n) is 0.995. The number of hydrogen-bond donors (Lipinski definition) is 2. The average molecular weight is 201 g/mol. The van der Waals surface area contributed by atoms with Gasteiger partial charge in [0.2, 0.25) is 0 Å². The molecule has 3 nitrogen and oxygen atoms in total. The van der Waals surface area contributed by atoms with Gasteiger partial charge in [-0.3, -0.25) is 4.79 Å². The summed E-state index contributed by atoms with van der Waals surface area (Å²) >= 11 is 0. The Kier molecular flexibility index (Phi) is 2.81. The van der Waals surface area contributed by atoms with Crippen molar-refractivity contribution in [2.24, 2.45) is 5.73 Å². The molecule has 0 heterocycles. The van der Waals surface area contributed by atoms with E-state index >= 15 is 0 Å². The van der Waals surface area contributed by atoms with E-state index in [9.17, 15) is 13.6 Å². The predicted molar refractivity (Wildman–Crippen MR) is 46.0 cm³/mol. The average Bonchev–Trinajstić information content (AvgIpc) is 2.12. The zero-order valence-corrected chi connectivity index (χ0v) is 7.42. The molecule has 1 atom stereocenters. The van der Waals surface area contributed by atoms with Gasteiger partial charge in [-0.25, -0.2) is 8.78 Å². The van der Waals surface area contributed by atoms with Crippen LogP contribution in [0.3, 0.4) is 0 Å². The summed E-state index contributed by atoms with van der Waals surface area (Å²) in [5.41, 5.74) is 4.40. The minimum absolute atomic E-state index is 0.768. The summed E-state index contributed by atoms with van der Waals surface area (Å²) in [5.74, 6) is -3.94. The Morgan fingerprint density at radius 2 is 2.07 bits per heavy atom. The molecule has 0 aliphatic carbocycles. The third-order valence-corrected chi connectivity index (χ3v) is 1.73. The summed E-state index contributed by atoms with van der Waals surface area (Å²) in [6.45, 7) is 1.31. The van der Waals surface area contributed by atoms with Gasteiger partial charge in [0.15, 0.2) is 17.3 Å². The Morgan fingerprint density at radius 3 is 2.57 bits per heavy atom. The van der Waals surface area contributed by atoms with Crippen LogP contribution in [-0.4, -0.2) is 16.9 Å². The molecule has 0 radical (unpaired) electrons. The summed E-state index contributed by atoms with van der Waals surface area (Å²) < 4.78 is 26.1. The quantitative estimate of drug-likeness (QED) is 0.706. The molecule has 1 aromatic rings. The fraction of sp³-hybridized carbons (Fsp3) is 0.222. The number of ketones is 1. The second-order valence-corrected chi connectivity index (χ2v) is 2.91. The maximum absolute atomic E-state index is 13.1. The highest BCUT2D eigenvalue weighted by molar-refractivity contribution is 6.00. The number of nitrogens with two attached hydrogens (primary N) is 1. The highest BCUT2D eigenvalue weighted by Crippen LogP contribution is 2.22. The molecule has 0 spiro atoms. The predicted octanol–water partition coefficient (Wildman–Crippen LogP) is 1.20. The van der Waals surface area contributed by atoms with Gasteiger partial charge in [0, 0.05) is 0 Å². The first kappa shape index (κ1) is 10.6. The summed E-state index contributed by atoms with van der Waals surface area (Å²) in [6.07, 6.45) is 0. The summed E-state index contributed by atoms with van der Waals surface area (Å²) in [4.78, 5) is 11.2. The zero-order chi connectivity index (χ0) is 10.9. The lowest BCUT2D eigenvalue weighted by Crippen LogP contribution is -2.28. The number of carbonyl (C=O) groups excluding carboxylic acids is 1. The van der Waals surface area contributed by atoms with Crippen molar-refractivity contribution in [1.29, 1.82) is 0 Å². The monoisotopic (exact) mass is 201 g/mol. The molecule has 0 fully saturated rings. The number of halogens is 2. The number of hydrogen-bond acceptors (Lipinski definition) is 3. The maximum Gasteiger partial charge on any atom is 0.185 e. The minimum atomic E-state index is -1.27. The first-order valence-electron chi connectivity index (χ1n) is 3.92. The van der Waals surface area contributed by atoms with Crippen LogP contribution in [0.2, 0.25) is 0 Å². The Labute approximate surface area is 79.2 Å². The number of carbonyl (C=O) groups is 1. The van der Waals surface area contributed by atoms with E-state index in [1.807, 2.05) is 0 Å². The number of Topliss-reactive ketones (excluding diaryl/α,β-unsaturated/α-hetero) is 1. The van der Waals surface area contributed by atoms with Crippen LogP contribution in [-0.2, 0) is 0 Å². The fourth-order valence-corrected chi connectivity index (χ4v) is 0.995. The third-order valence-electron chi connectivity index (χ3n) is 1.73. The molecular formula is C9H9F2NO2. The van der Waals surface area contributed by atoms with E-state index in [1.54, 1.807) is 0 Å². The lowest BCUT2D eigenvalue weighted by Gasteiger charge is -2.07. The second kappa shape index (κ2) is 3.71. The smallest absolute Gasteiger partial charge is 0.185 e. The van der Waals surface area contributed by atoms with Crippen molar-refractivity contribution in [1.82, 2.24) is 0 Å². The number of aromatic hydroxyl groups is 1. The van der Waals surface area contributed by atoms with Gasteiger partial charge >= 0.3 is 0 Å². The van der Waals surface area contributed by atoms with Crippen LogP contribution in [0.15, 0.2) is 12.1 Å². The molecule has 14 heavy (non-hydrogen) atoms. The van der Waals surface area contributed by atoms with Gasteiger partial charge in [0.1, 0.15) is 5.82 Å². The number of rotatable bonds is 2. The Bertz CT molecular complexity index is 377. The zero-order valence-electron chi connectivity index (χ0n) is 7.42. The van der Waals surface area contributed by atoms with Crippen molar-refractivity contribution in [3.05, 3.63) is 29.3 Å². The van der Waals surface area contributed by atoms with E-state index in [-0.39, 0.29) is 0 Å². The van der Waals surface area contributed by atoms with Crippen LogP contribution in [0, 0.1) is 11.6 Å². The molecule has 0 saturated heterocycles. The molecule has 1 unspecified atom stereocenters. The molecule has 5 heteroatoms. The second-order valence-electron chi connectivity index (χ2n) is 2.91. The summed E-state index contributed by atoms with van der Waals surface area (Å²) in [6, 6.07) is 0.636. The van der Waals surface area contributed by atoms with E-state index in [0.29, 0.717) is 0 Å².